The molecule has 3 rings (SSSR count). The standard InChI is InChI=1S/C68H111N13O16/c1-24-44-62(89)75(17)32-52(82)76(18)47(25-33(2)3)59(86)74-53(37(10)11)65(92)77(19)48(26-34(4)5)58(85)69-40(15)57(84)70-41(16)61(88)78(20)49(27-35(6)7)63(90)79(21)50(28-36(8)9)64(91)80(22)54(38(12)13)66(93)81(23)55(60(87)73-44)56(83)39(14)29-51-71-45-30-42(67(94)95)43(68(96)97)31-46(45)72-51/h30-31,33-41,44,47-50,53-56,83H,24-29,32H2,1-23H3,(H,69,85)(H,70,84)(H,71,72)(H,73,87)(H,74,86)(H,94,95)(H,96,97). The average molecular weight is 1370 g/mol. The van der Waals surface area contributed by atoms with E-state index >= 15 is 19.2 Å². The van der Waals surface area contributed by atoms with Crippen LogP contribution in [0, 0.1) is 41.4 Å². The van der Waals surface area contributed by atoms with Gasteiger partial charge in [-0.15, -0.1) is 0 Å². The number of amides is 11. The number of likely N-dealkylation sites (N-methyl/N-ethyl adjacent to an activating group) is 7. The predicted molar refractivity (Wildman–Crippen MR) is 363 cm³/mol. The number of rotatable bonds is 17. The van der Waals surface area contributed by atoms with Crippen LogP contribution in [0.4, 0.5) is 0 Å². The number of nitrogens with zero attached hydrogens (tertiary/aromatic N) is 8. The van der Waals surface area contributed by atoms with Crippen LogP contribution in [0.3, 0.4) is 0 Å². The number of aromatic nitrogens is 2. The van der Waals surface area contributed by atoms with Crippen LogP contribution in [-0.2, 0) is 59.2 Å². The third kappa shape index (κ3) is 21.4. The number of benzene rings is 1. The lowest BCUT2D eigenvalue weighted by Crippen LogP contribution is -2.63. The van der Waals surface area contributed by atoms with Crippen LogP contribution in [0.5, 0.6) is 0 Å². The minimum Gasteiger partial charge on any atom is -0.478 e. The fourth-order valence-corrected chi connectivity index (χ4v) is 12.2. The van der Waals surface area contributed by atoms with E-state index in [2.05, 4.69) is 31.2 Å². The number of aromatic carboxylic acids is 2. The van der Waals surface area contributed by atoms with Crippen molar-refractivity contribution in [3.63, 3.8) is 0 Å². The fourth-order valence-electron chi connectivity index (χ4n) is 12.2. The summed E-state index contributed by atoms with van der Waals surface area (Å²) in [7, 11) is 9.53. The van der Waals surface area contributed by atoms with Crippen LogP contribution < -0.4 is 21.3 Å². The van der Waals surface area contributed by atoms with Crippen LogP contribution in [0.25, 0.3) is 11.0 Å². The first-order chi connectivity index (χ1) is 44.8. The van der Waals surface area contributed by atoms with Gasteiger partial charge in [0.15, 0.2) is 0 Å². The highest BCUT2D eigenvalue weighted by Crippen LogP contribution is 2.27. The zero-order valence-electron chi connectivity index (χ0n) is 61.2. The van der Waals surface area contributed by atoms with Gasteiger partial charge in [0.2, 0.25) is 65.0 Å². The molecule has 11 amide bonds. The summed E-state index contributed by atoms with van der Waals surface area (Å²) < 4.78 is 0. The van der Waals surface area contributed by atoms with E-state index in [0.29, 0.717) is 0 Å². The van der Waals surface area contributed by atoms with E-state index in [0.717, 1.165) is 26.8 Å². The first kappa shape index (κ1) is 83.0. The molecule has 2 heterocycles. The Labute approximate surface area is 571 Å². The summed E-state index contributed by atoms with van der Waals surface area (Å²) in [5.74, 6) is -14.2. The zero-order chi connectivity index (χ0) is 74.4. The maximum atomic E-state index is 15.5. The summed E-state index contributed by atoms with van der Waals surface area (Å²) in [6.45, 7) is 26.7. The SMILES string of the molecule is CCC1NC(=O)C(C(O)C(C)Cc2nc3cc(C(=O)O)c(C(=O)O)cc3[nH]2)N(C)C(=O)C(C(C)C)N(C)C(=O)C(CC(C)C)N(C)C(=O)C(CC(C)C)N(C)C(=O)C(C)NC(=O)C(C)NC(=O)C(CC(C)C)N(C)C(=O)C(C(C)C)NC(=O)C(CC(C)C)N(C)C(=O)CN(C)C1=O. The van der Waals surface area contributed by atoms with E-state index in [4.69, 9.17) is 0 Å². The zero-order valence-corrected chi connectivity index (χ0v) is 61.2. The molecule has 1 aliphatic heterocycles. The van der Waals surface area contributed by atoms with E-state index in [1.54, 1.807) is 34.6 Å². The van der Waals surface area contributed by atoms with Gasteiger partial charge in [0.1, 0.15) is 66.2 Å². The highest BCUT2D eigenvalue weighted by molar-refractivity contribution is 6.05. The van der Waals surface area contributed by atoms with Crippen molar-refractivity contribution in [3.8, 4) is 0 Å². The van der Waals surface area contributed by atoms with Gasteiger partial charge in [0, 0.05) is 55.8 Å². The number of aliphatic hydroxyl groups excluding tert-OH is 1. The van der Waals surface area contributed by atoms with Crippen molar-refractivity contribution >= 4 is 88.0 Å². The molecule has 97 heavy (non-hydrogen) atoms. The third-order valence-electron chi connectivity index (χ3n) is 18.0. The number of carbonyl (C=O) groups excluding carboxylic acids is 11. The molecule has 1 saturated heterocycles. The lowest BCUT2D eigenvalue weighted by Gasteiger charge is -2.41. The Morgan fingerprint density at radius 3 is 1.40 bits per heavy atom. The lowest BCUT2D eigenvalue weighted by atomic mass is 9.91. The minimum absolute atomic E-state index is 0.0667. The molecule has 12 unspecified atom stereocenters. The number of carboxylic acids is 2. The maximum Gasteiger partial charge on any atom is 0.336 e. The van der Waals surface area contributed by atoms with Crippen molar-refractivity contribution in [1.29, 1.82) is 0 Å². The van der Waals surface area contributed by atoms with E-state index in [1.165, 1.54) is 89.7 Å². The minimum atomic E-state index is -1.86. The Bertz CT molecular complexity index is 3130. The second-order valence-electron chi connectivity index (χ2n) is 28.7. The van der Waals surface area contributed by atoms with Crippen molar-refractivity contribution < 1.29 is 77.6 Å². The van der Waals surface area contributed by atoms with Gasteiger partial charge in [-0.1, -0.05) is 96.9 Å². The molecule has 0 spiro atoms. The van der Waals surface area contributed by atoms with Gasteiger partial charge < -0.3 is 75.9 Å². The molecule has 1 aromatic heterocycles. The molecule has 0 bridgehead atoms. The number of hydrogen-bond acceptors (Lipinski definition) is 15. The number of fused-ring (bicyclic) bond motifs is 1. The molecule has 12 atom stereocenters. The van der Waals surface area contributed by atoms with Crippen LogP contribution in [0.15, 0.2) is 12.1 Å². The molecule has 1 fully saturated rings. The second kappa shape index (κ2) is 35.8. The number of aliphatic hydroxyl groups is 1. The monoisotopic (exact) mass is 1370 g/mol. The number of imidazole rings is 1. The lowest BCUT2D eigenvalue weighted by molar-refractivity contribution is -0.157. The summed E-state index contributed by atoms with van der Waals surface area (Å²) >= 11 is 0. The van der Waals surface area contributed by atoms with Gasteiger partial charge >= 0.3 is 11.9 Å². The van der Waals surface area contributed by atoms with Gasteiger partial charge in [0.05, 0.1) is 34.8 Å². The molecule has 1 aromatic carbocycles. The first-order valence-corrected chi connectivity index (χ1v) is 33.6. The van der Waals surface area contributed by atoms with Crippen LogP contribution >= 0.6 is 0 Å². The smallest absolute Gasteiger partial charge is 0.336 e. The Hall–Kier alpha value is -8.24. The van der Waals surface area contributed by atoms with Gasteiger partial charge in [-0.05, 0) is 99.5 Å². The van der Waals surface area contributed by atoms with Gasteiger partial charge in [-0.3, -0.25) is 52.7 Å². The molecule has 29 nitrogen and oxygen atoms in total. The molecule has 29 heteroatoms. The van der Waals surface area contributed by atoms with Crippen molar-refractivity contribution in [3.05, 3.63) is 29.1 Å². The van der Waals surface area contributed by atoms with Crippen LogP contribution in [0.2, 0.25) is 0 Å². The Morgan fingerprint density at radius 2 is 0.928 bits per heavy atom. The van der Waals surface area contributed by atoms with Crippen molar-refractivity contribution in [1.82, 2.24) is 65.5 Å². The number of carbonyl (C=O) groups is 13. The molecule has 2 aromatic rings. The highest BCUT2D eigenvalue weighted by Gasteiger charge is 2.46. The number of hydrogen-bond donors (Lipinski definition) is 8. The Kier molecular flexibility index (Phi) is 30.7. The van der Waals surface area contributed by atoms with E-state index in [1.807, 2.05) is 55.4 Å². The summed E-state index contributed by atoms with van der Waals surface area (Å²) in [6.07, 6.45) is -1.70. The average Bonchev–Trinajstić information content (AvgIpc) is 1.78. The molecule has 1 aliphatic rings. The van der Waals surface area contributed by atoms with Crippen molar-refractivity contribution in [2.75, 3.05) is 55.9 Å². The molecular formula is C68H111N13O16. The number of carboxylic acid groups (broad SMARTS) is 2. The molecular weight excluding hydrogens is 1250 g/mol. The Balaban J connectivity index is 2.36. The van der Waals surface area contributed by atoms with Crippen LogP contribution in [-0.4, -0.2) is 259 Å². The molecule has 544 valence electrons. The second-order valence-corrected chi connectivity index (χ2v) is 28.7. The van der Waals surface area contributed by atoms with E-state index < -0.39 is 179 Å². The number of H-pyrrole nitrogens is 1. The fraction of sp³-hybridized carbons (Fsp3) is 0.706. The molecule has 0 radical (unpaired) electrons. The largest absolute Gasteiger partial charge is 0.478 e. The summed E-state index contributed by atoms with van der Waals surface area (Å²) in [4.78, 5) is 202. The molecule has 0 aliphatic carbocycles. The van der Waals surface area contributed by atoms with Gasteiger partial charge in [0.25, 0.3) is 0 Å². The highest BCUT2D eigenvalue weighted by atomic mass is 16.4. The van der Waals surface area contributed by atoms with E-state index in [-0.39, 0.29) is 79.1 Å². The van der Waals surface area contributed by atoms with Crippen molar-refractivity contribution in [2.24, 2.45) is 41.4 Å². The first-order valence-electron chi connectivity index (χ1n) is 33.6. The summed E-state index contributed by atoms with van der Waals surface area (Å²) in [5.41, 5.74) is -0.831. The quantitative estimate of drug-likeness (QED) is 0.113. The third-order valence-corrected chi connectivity index (χ3v) is 18.0. The number of nitrogens with one attached hydrogen (secondary N) is 5. The summed E-state index contributed by atoms with van der Waals surface area (Å²) in [6, 6.07) is -11.1. The number of aromatic amines is 1. The molecule has 0 saturated carbocycles. The van der Waals surface area contributed by atoms with Gasteiger partial charge in [-0.25, -0.2) is 14.6 Å². The van der Waals surface area contributed by atoms with E-state index in [9.17, 15) is 58.5 Å². The molecule has 8 N–H and O–H groups in total. The van der Waals surface area contributed by atoms with Crippen LogP contribution in [0.1, 0.15) is 169 Å². The maximum absolute atomic E-state index is 15.5. The van der Waals surface area contributed by atoms with Gasteiger partial charge in [-0.2, -0.15) is 0 Å². The Morgan fingerprint density at radius 1 is 0.495 bits per heavy atom. The topological polar surface area (TPSA) is 382 Å². The van der Waals surface area contributed by atoms with Crippen molar-refractivity contribution in [2.45, 2.75) is 216 Å². The normalized spacial score (nSPS) is 24.9. The summed E-state index contributed by atoms with van der Waals surface area (Å²) in [5, 5.41) is 43.1. The predicted octanol–water partition coefficient (Wildman–Crippen LogP) is 2.82.